The van der Waals surface area contributed by atoms with Gasteiger partial charge in [-0.15, -0.1) is 0 Å². The van der Waals surface area contributed by atoms with E-state index in [9.17, 15) is 18.0 Å². The van der Waals surface area contributed by atoms with E-state index in [-0.39, 0.29) is 6.42 Å². The molecule has 1 aliphatic rings. The second-order valence-corrected chi connectivity index (χ2v) is 4.59. The molecule has 0 aliphatic heterocycles. The van der Waals surface area contributed by atoms with Gasteiger partial charge >= 0.3 is 6.18 Å². The molecule has 1 nitrogen and oxygen atoms in total. The van der Waals surface area contributed by atoms with E-state index in [1.165, 1.54) is 6.08 Å². The van der Waals surface area contributed by atoms with Crippen molar-refractivity contribution in [3.05, 3.63) is 54.1 Å². The number of benzene rings is 1. The summed E-state index contributed by atoms with van der Waals surface area (Å²) in [5, 5.41) is 0. The summed E-state index contributed by atoms with van der Waals surface area (Å²) in [5.41, 5.74) is -0.417. The number of hydrogen-bond acceptors (Lipinski definition) is 1. The zero-order chi connectivity index (χ0) is 13.9. The summed E-state index contributed by atoms with van der Waals surface area (Å²) in [5.74, 6) is 0. The molecule has 0 amide bonds. The maximum atomic E-state index is 13.1. The van der Waals surface area contributed by atoms with E-state index in [0.29, 0.717) is 6.29 Å². The molecule has 4 heteroatoms. The van der Waals surface area contributed by atoms with Crippen molar-refractivity contribution in [2.24, 2.45) is 5.41 Å². The lowest BCUT2D eigenvalue weighted by molar-refractivity contribution is -0.206. The molecule has 1 aromatic carbocycles. The molecule has 2 rings (SSSR count). The summed E-state index contributed by atoms with van der Waals surface area (Å²) in [6.07, 6.45) is -0.699. The monoisotopic (exact) mass is 266 g/mol. The lowest BCUT2D eigenvalue weighted by Gasteiger charge is -2.32. The largest absolute Gasteiger partial charge is 0.398 e. The fraction of sp³-hybridized carbons (Fsp3) is 0.267. The van der Waals surface area contributed by atoms with Gasteiger partial charge in [-0.05, 0) is 17.6 Å². The first-order valence-corrected chi connectivity index (χ1v) is 5.94. The molecule has 1 aliphatic carbocycles. The highest BCUT2D eigenvalue weighted by molar-refractivity contribution is 5.75. The third-order valence-electron chi connectivity index (χ3n) is 3.39. The molecule has 100 valence electrons. The summed E-state index contributed by atoms with van der Waals surface area (Å²) in [6.45, 7) is 0. The zero-order valence-corrected chi connectivity index (χ0v) is 10.2. The van der Waals surface area contributed by atoms with Gasteiger partial charge < -0.3 is 4.79 Å². The normalized spacial score (nSPS) is 23.0. The Morgan fingerprint density at radius 1 is 1.21 bits per heavy atom. The Hall–Kier alpha value is -1.84. The molecule has 0 fully saturated rings. The predicted molar refractivity (Wildman–Crippen MR) is 67.3 cm³/mol. The van der Waals surface area contributed by atoms with E-state index in [2.05, 4.69) is 0 Å². The molecule has 1 unspecified atom stereocenters. The number of allylic oxidation sites excluding steroid dienone is 4. The van der Waals surface area contributed by atoms with Crippen molar-refractivity contribution < 1.29 is 18.0 Å². The highest BCUT2D eigenvalue weighted by Crippen LogP contribution is 2.47. The SMILES string of the molecule is O=CCC1(C(F)(F)F)C=CC(c2ccccc2)=CC1. The lowest BCUT2D eigenvalue weighted by atomic mass is 9.76. The molecule has 0 heterocycles. The second-order valence-electron chi connectivity index (χ2n) is 4.59. The van der Waals surface area contributed by atoms with Crippen LogP contribution in [0.5, 0.6) is 0 Å². The lowest BCUT2D eigenvalue weighted by Crippen LogP contribution is -2.37. The topological polar surface area (TPSA) is 17.1 Å². The quantitative estimate of drug-likeness (QED) is 0.750. The third-order valence-corrected chi connectivity index (χ3v) is 3.39. The molecule has 1 atom stereocenters. The van der Waals surface area contributed by atoms with Gasteiger partial charge in [-0.1, -0.05) is 48.6 Å². The van der Waals surface area contributed by atoms with Crippen LogP contribution >= 0.6 is 0 Å². The Balaban J connectivity index is 2.28. The summed E-state index contributed by atoms with van der Waals surface area (Å²) in [7, 11) is 0. The van der Waals surface area contributed by atoms with Gasteiger partial charge in [0.2, 0.25) is 0 Å². The van der Waals surface area contributed by atoms with Crippen LogP contribution in [0, 0.1) is 5.41 Å². The maximum Gasteiger partial charge on any atom is 0.398 e. The molecule has 1 aromatic rings. The van der Waals surface area contributed by atoms with Crippen molar-refractivity contribution in [2.75, 3.05) is 0 Å². The van der Waals surface area contributed by atoms with Gasteiger partial charge in [-0.25, -0.2) is 0 Å². The van der Waals surface area contributed by atoms with Gasteiger partial charge in [0.1, 0.15) is 6.29 Å². The molecule has 0 N–H and O–H groups in total. The molecule has 0 aromatic heterocycles. The van der Waals surface area contributed by atoms with Crippen molar-refractivity contribution in [3.63, 3.8) is 0 Å². The van der Waals surface area contributed by atoms with E-state index in [1.54, 1.807) is 6.08 Å². The number of carbonyl (C=O) groups excluding carboxylic acids is 1. The van der Waals surface area contributed by atoms with E-state index in [1.807, 2.05) is 30.3 Å². The van der Waals surface area contributed by atoms with Crippen LogP contribution in [0.3, 0.4) is 0 Å². The number of alkyl halides is 3. The first-order chi connectivity index (χ1) is 8.98. The summed E-state index contributed by atoms with van der Waals surface area (Å²) >= 11 is 0. The summed E-state index contributed by atoms with van der Waals surface area (Å²) in [6, 6.07) is 9.21. The van der Waals surface area contributed by atoms with Crippen molar-refractivity contribution in [3.8, 4) is 0 Å². The number of hydrogen-bond donors (Lipinski definition) is 0. The number of aldehydes is 1. The van der Waals surface area contributed by atoms with Crippen LogP contribution in [-0.4, -0.2) is 12.5 Å². The van der Waals surface area contributed by atoms with Crippen molar-refractivity contribution in [1.29, 1.82) is 0 Å². The summed E-state index contributed by atoms with van der Waals surface area (Å²) < 4.78 is 39.2. The standard InChI is InChI=1S/C15H13F3O/c16-15(17,18)14(10-11-19)8-6-13(7-9-14)12-4-2-1-3-5-12/h1-8,11H,9-10H2. The van der Waals surface area contributed by atoms with Crippen molar-refractivity contribution in [2.45, 2.75) is 19.0 Å². The minimum Gasteiger partial charge on any atom is -0.303 e. The number of halogens is 3. The van der Waals surface area contributed by atoms with E-state index >= 15 is 0 Å². The predicted octanol–water partition coefficient (Wildman–Crippen LogP) is 4.17. The third kappa shape index (κ3) is 2.62. The van der Waals surface area contributed by atoms with Gasteiger partial charge in [0.25, 0.3) is 0 Å². The van der Waals surface area contributed by atoms with Gasteiger partial charge in [-0.3, -0.25) is 0 Å². The average Bonchev–Trinajstić information content (AvgIpc) is 2.40. The zero-order valence-electron chi connectivity index (χ0n) is 10.2. The van der Waals surface area contributed by atoms with Crippen LogP contribution in [0.1, 0.15) is 18.4 Å². The fourth-order valence-corrected chi connectivity index (χ4v) is 2.15. The Labute approximate surface area is 109 Å². The smallest absolute Gasteiger partial charge is 0.303 e. The first kappa shape index (κ1) is 13.6. The van der Waals surface area contributed by atoms with Gasteiger partial charge in [0.15, 0.2) is 0 Å². The Kier molecular flexibility index (Phi) is 3.60. The van der Waals surface area contributed by atoms with Crippen LogP contribution in [0.4, 0.5) is 13.2 Å². The maximum absolute atomic E-state index is 13.1. The Bertz CT molecular complexity index is 514. The van der Waals surface area contributed by atoms with Gasteiger partial charge in [0.05, 0.1) is 5.41 Å². The fourth-order valence-electron chi connectivity index (χ4n) is 2.15. The Morgan fingerprint density at radius 2 is 1.89 bits per heavy atom. The van der Waals surface area contributed by atoms with Crippen molar-refractivity contribution in [1.82, 2.24) is 0 Å². The second kappa shape index (κ2) is 5.03. The molecule has 0 spiro atoms. The molecule has 0 radical (unpaired) electrons. The molecular formula is C15H13F3O. The summed E-state index contributed by atoms with van der Waals surface area (Å²) in [4.78, 5) is 10.5. The molecule has 0 saturated carbocycles. The van der Waals surface area contributed by atoms with Gasteiger partial charge in [-0.2, -0.15) is 13.2 Å². The first-order valence-electron chi connectivity index (χ1n) is 5.94. The van der Waals surface area contributed by atoms with E-state index < -0.39 is 18.0 Å². The van der Waals surface area contributed by atoms with E-state index in [4.69, 9.17) is 0 Å². The number of rotatable bonds is 3. The molecule has 0 saturated heterocycles. The molecule has 19 heavy (non-hydrogen) atoms. The van der Waals surface area contributed by atoms with E-state index in [0.717, 1.165) is 17.2 Å². The van der Waals surface area contributed by atoms with Crippen LogP contribution in [-0.2, 0) is 4.79 Å². The highest BCUT2D eigenvalue weighted by atomic mass is 19.4. The van der Waals surface area contributed by atoms with Gasteiger partial charge in [0, 0.05) is 6.42 Å². The minimum absolute atomic E-state index is 0.198. The van der Waals surface area contributed by atoms with Crippen LogP contribution < -0.4 is 0 Å². The highest BCUT2D eigenvalue weighted by Gasteiger charge is 2.52. The van der Waals surface area contributed by atoms with Crippen LogP contribution in [0.2, 0.25) is 0 Å². The van der Waals surface area contributed by atoms with Crippen LogP contribution in [0.25, 0.3) is 5.57 Å². The Morgan fingerprint density at radius 3 is 2.37 bits per heavy atom. The van der Waals surface area contributed by atoms with Crippen molar-refractivity contribution >= 4 is 11.9 Å². The molecular weight excluding hydrogens is 253 g/mol. The average molecular weight is 266 g/mol. The van der Waals surface area contributed by atoms with Crippen LogP contribution in [0.15, 0.2) is 48.6 Å². The minimum atomic E-state index is -4.41. The molecule has 0 bridgehead atoms. The number of carbonyl (C=O) groups is 1.